The summed E-state index contributed by atoms with van der Waals surface area (Å²) in [5.74, 6) is -0.938. The van der Waals surface area contributed by atoms with Crippen LogP contribution in [0.4, 0.5) is 36.3 Å². The van der Waals surface area contributed by atoms with Gasteiger partial charge in [0, 0.05) is 36.9 Å². The Morgan fingerprint density at radius 3 is 2.55 bits per heavy atom. The minimum absolute atomic E-state index is 0.166. The number of benzene rings is 1. The minimum Gasteiger partial charge on any atom is -0.368 e. The smallest absolute Gasteiger partial charge is 0.368 e. The molecule has 0 bridgehead atoms. The molecule has 0 unspecified atom stereocenters. The van der Waals surface area contributed by atoms with Crippen molar-refractivity contribution in [2.75, 3.05) is 40.4 Å². The van der Waals surface area contributed by atoms with Crippen molar-refractivity contribution in [1.82, 2.24) is 14.7 Å². The standard InChI is InChI=1S/C17H19F3N6O5S2/c1-32(28,29)9-33(30,31)23-5-4-21-15-12(17(18,19)20)8-22-16(26-15)24-11-2-3-13-10(6-11)7-14(27)25-13/h2-3,6,8,23H,4-5,7,9H2,1H3,(H,25,27)(H2,21,22,24,26). The molecule has 0 fully saturated rings. The molecule has 33 heavy (non-hydrogen) atoms. The van der Waals surface area contributed by atoms with Gasteiger partial charge in [0.15, 0.2) is 14.9 Å². The third-order valence-corrected chi connectivity index (χ3v) is 7.79. The molecule has 4 N–H and O–H groups in total. The number of halogens is 3. The van der Waals surface area contributed by atoms with Crippen molar-refractivity contribution in [3.8, 4) is 0 Å². The van der Waals surface area contributed by atoms with Crippen molar-refractivity contribution in [2.24, 2.45) is 0 Å². The largest absolute Gasteiger partial charge is 0.421 e. The molecular formula is C17H19F3N6O5S2. The quantitative estimate of drug-likeness (QED) is 0.363. The van der Waals surface area contributed by atoms with Gasteiger partial charge in [0.05, 0.1) is 6.42 Å². The number of aromatic nitrogens is 2. The van der Waals surface area contributed by atoms with Gasteiger partial charge in [-0.2, -0.15) is 18.2 Å². The van der Waals surface area contributed by atoms with Crippen LogP contribution in [0.25, 0.3) is 0 Å². The van der Waals surface area contributed by atoms with Crippen LogP contribution in [0.15, 0.2) is 24.4 Å². The number of hydrogen-bond acceptors (Lipinski definition) is 9. The number of sulfone groups is 1. The van der Waals surface area contributed by atoms with E-state index < -0.39 is 42.5 Å². The van der Waals surface area contributed by atoms with Crippen LogP contribution in [0.1, 0.15) is 11.1 Å². The zero-order valence-electron chi connectivity index (χ0n) is 17.0. The molecule has 2 heterocycles. The van der Waals surface area contributed by atoms with Gasteiger partial charge in [0.25, 0.3) is 0 Å². The predicted octanol–water partition coefficient (Wildman–Crippen LogP) is 1.07. The van der Waals surface area contributed by atoms with Crippen LogP contribution in [-0.2, 0) is 37.3 Å². The molecule has 1 aromatic carbocycles. The van der Waals surface area contributed by atoms with Gasteiger partial charge in [-0.1, -0.05) is 0 Å². The average molecular weight is 509 g/mol. The highest BCUT2D eigenvalue weighted by molar-refractivity contribution is 8.06. The van der Waals surface area contributed by atoms with E-state index in [9.17, 15) is 34.8 Å². The van der Waals surface area contributed by atoms with E-state index in [1.54, 1.807) is 18.2 Å². The molecule has 0 spiro atoms. The molecule has 0 radical (unpaired) electrons. The number of amides is 1. The van der Waals surface area contributed by atoms with Gasteiger partial charge < -0.3 is 16.0 Å². The maximum absolute atomic E-state index is 13.3. The van der Waals surface area contributed by atoms with Gasteiger partial charge in [-0.15, -0.1) is 0 Å². The van der Waals surface area contributed by atoms with E-state index in [2.05, 4.69) is 25.9 Å². The minimum atomic E-state index is -4.78. The van der Waals surface area contributed by atoms with Crippen LogP contribution in [-0.4, -0.2) is 57.1 Å². The first-order valence-electron chi connectivity index (χ1n) is 9.25. The second kappa shape index (κ2) is 9.11. The van der Waals surface area contributed by atoms with Gasteiger partial charge in [-0.25, -0.2) is 26.5 Å². The summed E-state index contributed by atoms with van der Waals surface area (Å²) >= 11 is 0. The monoisotopic (exact) mass is 508 g/mol. The average Bonchev–Trinajstić information content (AvgIpc) is 3.02. The number of sulfonamides is 1. The number of alkyl halides is 3. The number of anilines is 4. The summed E-state index contributed by atoms with van der Waals surface area (Å²) in [5, 5.41) is 6.66. The molecule has 2 aromatic rings. The molecule has 11 nitrogen and oxygen atoms in total. The summed E-state index contributed by atoms with van der Waals surface area (Å²) in [6.07, 6.45) is -3.30. The molecule has 16 heteroatoms. The van der Waals surface area contributed by atoms with Gasteiger partial charge >= 0.3 is 6.18 Å². The molecule has 1 aliphatic rings. The Morgan fingerprint density at radius 2 is 1.88 bits per heavy atom. The zero-order chi connectivity index (χ0) is 24.4. The van der Waals surface area contributed by atoms with Gasteiger partial charge in [-0.3, -0.25) is 4.79 Å². The fourth-order valence-corrected chi connectivity index (χ4v) is 5.93. The maximum Gasteiger partial charge on any atom is 0.421 e. The van der Waals surface area contributed by atoms with Crippen LogP contribution in [0.5, 0.6) is 0 Å². The Labute approximate surface area is 187 Å². The second-order valence-electron chi connectivity index (χ2n) is 7.15. The molecule has 1 amide bonds. The Balaban J connectivity index is 1.72. The van der Waals surface area contributed by atoms with Gasteiger partial charge in [0.2, 0.25) is 21.9 Å². The topological polar surface area (TPSA) is 159 Å². The summed E-state index contributed by atoms with van der Waals surface area (Å²) in [7, 11) is -7.98. The molecule has 3 rings (SSSR count). The third-order valence-electron chi connectivity index (χ3n) is 4.19. The van der Waals surface area contributed by atoms with Crippen molar-refractivity contribution in [1.29, 1.82) is 0 Å². The molecule has 180 valence electrons. The van der Waals surface area contributed by atoms with Crippen molar-refractivity contribution >= 4 is 48.9 Å². The molecule has 0 saturated carbocycles. The normalized spacial score (nSPS) is 14.0. The Bertz CT molecular complexity index is 1280. The molecule has 1 aliphatic heterocycles. The molecular weight excluding hydrogens is 489 g/mol. The predicted molar refractivity (Wildman–Crippen MR) is 114 cm³/mol. The number of carbonyl (C=O) groups is 1. The first-order valence-corrected chi connectivity index (χ1v) is 13.0. The molecule has 1 aromatic heterocycles. The number of hydrogen-bond donors (Lipinski definition) is 4. The van der Waals surface area contributed by atoms with Gasteiger partial charge in [-0.05, 0) is 23.8 Å². The van der Waals surface area contributed by atoms with Gasteiger partial charge in [0.1, 0.15) is 11.4 Å². The Morgan fingerprint density at radius 1 is 1.15 bits per heavy atom. The second-order valence-corrected chi connectivity index (χ2v) is 11.5. The number of rotatable bonds is 9. The summed E-state index contributed by atoms with van der Waals surface area (Å²) < 4.78 is 87.5. The lowest BCUT2D eigenvalue weighted by Crippen LogP contribution is -2.33. The fraction of sp³-hybridized carbons (Fsp3) is 0.353. The summed E-state index contributed by atoms with van der Waals surface area (Å²) in [6.45, 7) is -0.692. The zero-order valence-corrected chi connectivity index (χ0v) is 18.7. The van der Waals surface area contributed by atoms with Crippen LogP contribution < -0.4 is 20.7 Å². The number of carbonyl (C=O) groups excluding carboxylic acids is 1. The third kappa shape index (κ3) is 7.00. The number of nitrogens with zero attached hydrogens (tertiary/aromatic N) is 2. The maximum atomic E-state index is 13.3. The highest BCUT2D eigenvalue weighted by Gasteiger charge is 2.35. The SMILES string of the molecule is CS(=O)(=O)CS(=O)(=O)NCCNc1nc(Nc2ccc3c(c2)CC(=O)N3)ncc1C(F)(F)F. The molecule has 0 atom stereocenters. The number of nitrogens with one attached hydrogen (secondary N) is 4. The van der Waals surface area contributed by atoms with Crippen LogP contribution in [0.2, 0.25) is 0 Å². The van der Waals surface area contributed by atoms with Crippen LogP contribution >= 0.6 is 0 Å². The van der Waals surface area contributed by atoms with E-state index in [1.807, 2.05) is 4.72 Å². The van der Waals surface area contributed by atoms with E-state index in [0.29, 0.717) is 23.1 Å². The highest BCUT2D eigenvalue weighted by Crippen LogP contribution is 2.34. The van der Waals surface area contributed by atoms with E-state index in [1.165, 1.54) is 0 Å². The first kappa shape index (κ1) is 24.7. The molecule has 0 aliphatic carbocycles. The summed E-state index contributed by atoms with van der Waals surface area (Å²) in [4.78, 5) is 19.0. The van der Waals surface area contributed by atoms with E-state index in [-0.39, 0.29) is 31.4 Å². The van der Waals surface area contributed by atoms with E-state index >= 15 is 0 Å². The lowest BCUT2D eigenvalue weighted by Gasteiger charge is -2.15. The Kier molecular flexibility index (Phi) is 6.80. The fourth-order valence-electron chi connectivity index (χ4n) is 2.93. The first-order chi connectivity index (χ1) is 15.2. The summed E-state index contributed by atoms with van der Waals surface area (Å²) in [5.41, 5.74) is 0.622. The lowest BCUT2D eigenvalue weighted by molar-refractivity contribution is -0.137. The van der Waals surface area contributed by atoms with Crippen molar-refractivity contribution in [2.45, 2.75) is 12.6 Å². The highest BCUT2D eigenvalue weighted by atomic mass is 32.3. The summed E-state index contributed by atoms with van der Waals surface area (Å²) in [6, 6.07) is 4.86. The van der Waals surface area contributed by atoms with Crippen molar-refractivity contribution in [3.05, 3.63) is 35.5 Å². The van der Waals surface area contributed by atoms with Crippen molar-refractivity contribution in [3.63, 3.8) is 0 Å². The number of fused-ring (bicyclic) bond motifs is 1. The lowest BCUT2D eigenvalue weighted by atomic mass is 10.1. The van der Waals surface area contributed by atoms with E-state index in [4.69, 9.17) is 0 Å². The Hall–Kier alpha value is -2.98. The molecule has 0 saturated heterocycles. The van der Waals surface area contributed by atoms with Crippen LogP contribution in [0, 0.1) is 0 Å². The van der Waals surface area contributed by atoms with E-state index in [0.717, 1.165) is 6.26 Å². The van der Waals surface area contributed by atoms with Crippen molar-refractivity contribution < 1.29 is 34.8 Å². The van der Waals surface area contributed by atoms with Crippen LogP contribution in [0.3, 0.4) is 0 Å².